The highest BCUT2D eigenvalue weighted by atomic mass is 16.6. The molecule has 1 amide bonds. The zero-order valence-electron chi connectivity index (χ0n) is 12.3. The molecule has 0 aromatic carbocycles. The fourth-order valence-electron chi connectivity index (χ4n) is 1.60. The normalized spacial score (nSPS) is 21.9. The van der Waals surface area contributed by atoms with Gasteiger partial charge in [0, 0.05) is 12.0 Å². The van der Waals surface area contributed by atoms with E-state index < -0.39 is 23.1 Å². The van der Waals surface area contributed by atoms with E-state index >= 15 is 0 Å². The maximum atomic E-state index is 11.6. The number of aliphatic carboxylic acids is 1. The van der Waals surface area contributed by atoms with Gasteiger partial charge in [-0.3, -0.25) is 0 Å². The second kappa shape index (κ2) is 5.94. The van der Waals surface area contributed by atoms with Crippen LogP contribution in [0.2, 0.25) is 0 Å². The smallest absolute Gasteiger partial charge is 0.407 e. The van der Waals surface area contributed by atoms with Crippen molar-refractivity contribution in [2.24, 2.45) is 5.41 Å². The highest BCUT2D eigenvalue weighted by Crippen LogP contribution is 2.23. The van der Waals surface area contributed by atoms with Gasteiger partial charge in [-0.05, 0) is 26.8 Å². The molecule has 2 N–H and O–H groups in total. The first-order chi connectivity index (χ1) is 9.11. The van der Waals surface area contributed by atoms with Crippen LogP contribution in [-0.2, 0) is 9.53 Å². The van der Waals surface area contributed by atoms with Crippen molar-refractivity contribution in [3.05, 3.63) is 36.0 Å². The number of carboxylic acids is 1. The molecule has 0 aromatic heterocycles. The molecule has 1 atom stereocenters. The van der Waals surface area contributed by atoms with Gasteiger partial charge < -0.3 is 15.2 Å². The molecule has 1 unspecified atom stereocenters. The second-order valence-corrected chi connectivity index (χ2v) is 5.98. The summed E-state index contributed by atoms with van der Waals surface area (Å²) in [4.78, 5) is 22.5. The van der Waals surface area contributed by atoms with Gasteiger partial charge in [0.1, 0.15) is 5.60 Å². The Morgan fingerprint density at radius 2 is 2.00 bits per heavy atom. The minimum Gasteiger partial charge on any atom is -0.478 e. The van der Waals surface area contributed by atoms with Crippen LogP contribution in [0.1, 0.15) is 27.7 Å². The summed E-state index contributed by atoms with van der Waals surface area (Å²) in [5, 5.41) is 11.6. The Balaban J connectivity index is 2.63. The first kappa shape index (κ1) is 16.0. The minimum absolute atomic E-state index is 0.210. The number of allylic oxidation sites excluding steroid dienone is 2. The van der Waals surface area contributed by atoms with E-state index in [4.69, 9.17) is 9.84 Å². The van der Waals surface area contributed by atoms with E-state index in [0.29, 0.717) is 6.54 Å². The van der Waals surface area contributed by atoms with Gasteiger partial charge in [-0.25, -0.2) is 9.59 Å². The summed E-state index contributed by atoms with van der Waals surface area (Å²) >= 11 is 0. The predicted octanol–water partition coefficient (Wildman–Crippen LogP) is 2.65. The van der Waals surface area contributed by atoms with Gasteiger partial charge in [0.15, 0.2) is 0 Å². The number of nitrogens with one attached hydrogen (secondary N) is 1. The molecule has 20 heavy (non-hydrogen) atoms. The van der Waals surface area contributed by atoms with Crippen molar-refractivity contribution in [1.29, 1.82) is 0 Å². The van der Waals surface area contributed by atoms with Gasteiger partial charge >= 0.3 is 12.1 Å². The molecule has 0 fully saturated rings. The molecule has 110 valence electrons. The summed E-state index contributed by atoms with van der Waals surface area (Å²) in [5.74, 6) is -0.977. The first-order valence-corrected chi connectivity index (χ1v) is 6.40. The van der Waals surface area contributed by atoms with Crippen LogP contribution in [0.5, 0.6) is 0 Å². The van der Waals surface area contributed by atoms with Crippen LogP contribution in [0.4, 0.5) is 4.79 Å². The Morgan fingerprint density at radius 1 is 1.35 bits per heavy atom. The minimum atomic E-state index is -0.977. The van der Waals surface area contributed by atoms with Crippen LogP contribution >= 0.6 is 0 Å². The fourth-order valence-corrected chi connectivity index (χ4v) is 1.60. The number of carbonyl (C=O) groups excluding carboxylic acids is 1. The SMILES string of the molecule is CC1(CNC(=O)OC(C)(C)C)C=CC=C(C(=O)O)C=C1. The zero-order valence-corrected chi connectivity index (χ0v) is 12.3. The van der Waals surface area contributed by atoms with Gasteiger partial charge in [-0.1, -0.05) is 31.2 Å². The Bertz CT molecular complexity index is 483. The van der Waals surface area contributed by atoms with Crippen molar-refractivity contribution >= 4 is 12.1 Å². The highest BCUT2D eigenvalue weighted by Gasteiger charge is 2.22. The molecular formula is C15H21NO4. The van der Waals surface area contributed by atoms with E-state index in [1.807, 2.05) is 13.0 Å². The lowest BCUT2D eigenvalue weighted by atomic mass is 9.90. The molecule has 0 radical (unpaired) electrons. The average Bonchev–Trinajstić information content (AvgIpc) is 2.47. The number of alkyl carbamates (subject to hydrolysis) is 1. The van der Waals surface area contributed by atoms with Crippen LogP contribution < -0.4 is 5.32 Å². The molecule has 0 aromatic rings. The van der Waals surface area contributed by atoms with Gasteiger partial charge in [0.2, 0.25) is 0 Å². The number of carboxylic acid groups (broad SMARTS) is 1. The van der Waals surface area contributed by atoms with Crippen molar-refractivity contribution in [1.82, 2.24) is 5.32 Å². The molecule has 5 nitrogen and oxygen atoms in total. The monoisotopic (exact) mass is 279 g/mol. The molecule has 0 spiro atoms. The topological polar surface area (TPSA) is 75.6 Å². The number of hydrogen-bond acceptors (Lipinski definition) is 3. The lowest BCUT2D eigenvalue weighted by Crippen LogP contribution is -2.37. The lowest BCUT2D eigenvalue weighted by molar-refractivity contribution is -0.132. The number of carbonyl (C=O) groups is 2. The van der Waals surface area contributed by atoms with Crippen LogP contribution in [0.25, 0.3) is 0 Å². The number of ether oxygens (including phenoxy) is 1. The number of rotatable bonds is 3. The fraction of sp³-hybridized carbons (Fsp3) is 0.467. The molecule has 1 aliphatic carbocycles. The number of amides is 1. The summed E-state index contributed by atoms with van der Waals surface area (Å²) in [7, 11) is 0. The Labute approximate surface area is 119 Å². The van der Waals surface area contributed by atoms with Crippen LogP contribution in [0.3, 0.4) is 0 Å². The van der Waals surface area contributed by atoms with Gasteiger partial charge in [0.05, 0.1) is 5.57 Å². The lowest BCUT2D eigenvalue weighted by Gasteiger charge is -2.24. The van der Waals surface area contributed by atoms with Crippen LogP contribution in [0, 0.1) is 5.41 Å². The molecule has 1 rings (SSSR count). The summed E-state index contributed by atoms with van der Waals surface area (Å²) < 4.78 is 5.16. The summed E-state index contributed by atoms with van der Waals surface area (Å²) in [6.45, 7) is 7.61. The average molecular weight is 279 g/mol. The van der Waals surface area contributed by atoms with E-state index in [0.717, 1.165) is 0 Å². The maximum absolute atomic E-state index is 11.6. The van der Waals surface area contributed by atoms with E-state index in [1.54, 1.807) is 39.0 Å². The molecule has 0 aliphatic heterocycles. The molecule has 1 aliphatic rings. The Hall–Kier alpha value is -2.04. The van der Waals surface area contributed by atoms with Crippen molar-refractivity contribution in [3.63, 3.8) is 0 Å². The third-order valence-electron chi connectivity index (χ3n) is 2.66. The highest BCUT2D eigenvalue weighted by molar-refractivity contribution is 5.90. The second-order valence-electron chi connectivity index (χ2n) is 5.98. The van der Waals surface area contributed by atoms with E-state index in [9.17, 15) is 9.59 Å². The molecule has 0 bridgehead atoms. The predicted molar refractivity (Wildman–Crippen MR) is 76.3 cm³/mol. The van der Waals surface area contributed by atoms with Gasteiger partial charge in [0.25, 0.3) is 0 Å². The van der Waals surface area contributed by atoms with E-state index in [1.165, 1.54) is 6.08 Å². The van der Waals surface area contributed by atoms with Gasteiger partial charge in [-0.2, -0.15) is 0 Å². The largest absolute Gasteiger partial charge is 0.478 e. The molecule has 0 heterocycles. The molecule has 0 saturated heterocycles. The number of hydrogen-bond donors (Lipinski definition) is 2. The third kappa shape index (κ3) is 5.30. The zero-order chi connectivity index (χ0) is 15.4. The molecule has 0 saturated carbocycles. The summed E-state index contributed by atoms with van der Waals surface area (Å²) in [6.07, 6.45) is 7.86. The first-order valence-electron chi connectivity index (χ1n) is 6.40. The van der Waals surface area contributed by atoms with Crippen molar-refractivity contribution in [2.75, 3.05) is 6.54 Å². The van der Waals surface area contributed by atoms with Crippen molar-refractivity contribution in [2.45, 2.75) is 33.3 Å². The van der Waals surface area contributed by atoms with Crippen LogP contribution in [-0.4, -0.2) is 29.3 Å². The maximum Gasteiger partial charge on any atom is 0.407 e. The standard InChI is InChI=1S/C15H21NO4/c1-14(2,3)20-13(19)16-10-15(4)8-5-6-11(7-9-15)12(17)18/h5-9H,10H2,1-4H3,(H,16,19)(H,17,18). The van der Waals surface area contributed by atoms with Crippen molar-refractivity contribution < 1.29 is 19.4 Å². The van der Waals surface area contributed by atoms with E-state index in [2.05, 4.69) is 5.32 Å². The van der Waals surface area contributed by atoms with Crippen molar-refractivity contribution in [3.8, 4) is 0 Å². The van der Waals surface area contributed by atoms with Gasteiger partial charge in [-0.15, -0.1) is 0 Å². The Kier molecular flexibility index (Phi) is 4.76. The van der Waals surface area contributed by atoms with E-state index in [-0.39, 0.29) is 5.57 Å². The quantitative estimate of drug-likeness (QED) is 0.832. The molecule has 5 heteroatoms. The molecular weight excluding hydrogens is 258 g/mol. The van der Waals surface area contributed by atoms with Crippen LogP contribution in [0.15, 0.2) is 36.0 Å². The third-order valence-corrected chi connectivity index (χ3v) is 2.66. The Morgan fingerprint density at radius 3 is 2.55 bits per heavy atom. The summed E-state index contributed by atoms with van der Waals surface area (Å²) in [6, 6.07) is 0. The summed E-state index contributed by atoms with van der Waals surface area (Å²) in [5.41, 5.74) is -0.787.